The first-order valence-electron chi connectivity index (χ1n) is 5.85. The number of amides is 1. The first kappa shape index (κ1) is 17.2. The highest BCUT2D eigenvalue weighted by Gasteiger charge is 2.28. The second-order valence-electron chi connectivity index (χ2n) is 5.06. The van der Waals surface area contributed by atoms with Crippen LogP contribution in [0.2, 0.25) is 0 Å². The Balaban J connectivity index is 4.17. The Morgan fingerprint density at radius 1 is 1.33 bits per heavy atom. The molecule has 3 N–H and O–H groups in total. The van der Waals surface area contributed by atoms with Gasteiger partial charge in [-0.1, -0.05) is 20.8 Å². The quantitative estimate of drug-likeness (QED) is 0.724. The Kier molecular flexibility index (Phi) is 6.62. The van der Waals surface area contributed by atoms with Gasteiger partial charge in [-0.25, -0.2) is 0 Å². The lowest BCUT2D eigenvalue weighted by Gasteiger charge is -2.30. The van der Waals surface area contributed by atoms with Crippen LogP contribution in [-0.4, -0.2) is 49.7 Å². The van der Waals surface area contributed by atoms with Crippen LogP contribution in [0, 0.1) is 5.41 Å². The molecule has 0 bridgehead atoms. The van der Waals surface area contributed by atoms with E-state index in [1.807, 2.05) is 26.1 Å². The molecule has 0 heterocycles. The van der Waals surface area contributed by atoms with Crippen LogP contribution in [0.4, 0.5) is 13.2 Å². The first-order chi connectivity index (χ1) is 8.09. The van der Waals surface area contributed by atoms with E-state index in [0.717, 1.165) is 0 Å². The average Bonchev–Trinajstić information content (AvgIpc) is 2.24. The van der Waals surface area contributed by atoms with Crippen LogP contribution in [0.1, 0.15) is 20.8 Å². The lowest BCUT2D eigenvalue weighted by atomic mass is 9.93. The lowest BCUT2D eigenvalue weighted by Crippen LogP contribution is -2.45. The van der Waals surface area contributed by atoms with Gasteiger partial charge in [0.15, 0.2) is 0 Å². The Morgan fingerprint density at radius 2 is 1.89 bits per heavy atom. The molecule has 0 aliphatic rings. The van der Waals surface area contributed by atoms with Gasteiger partial charge >= 0.3 is 6.18 Å². The average molecular weight is 269 g/mol. The summed E-state index contributed by atoms with van der Waals surface area (Å²) in [6.45, 7) is 6.02. The predicted molar refractivity (Wildman–Crippen MR) is 64.0 cm³/mol. The predicted octanol–water partition coefficient (Wildman–Crippen LogP) is 0.972. The molecule has 108 valence electrons. The summed E-state index contributed by atoms with van der Waals surface area (Å²) in [5, 5.41) is 1.85. The number of rotatable bonds is 7. The SMILES string of the molecule is CCN(CC(=O)NCC(F)(F)F)CC(C)(C)CN. The van der Waals surface area contributed by atoms with Gasteiger partial charge in [-0.05, 0) is 18.5 Å². The molecule has 0 radical (unpaired) electrons. The summed E-state index contributed by atoms with van der Waals surface area (Å²) < 4.78 is 35.7. The number of alkyl halides is 3. The molecule has 0 fully saturated rings. The highest BCUT2D eigenvalue weighted by Crippen LogP contribution is 2.15. The van der Waals surface area contributed by atoms with Gasteiger partial charge in [0.1, 0.15) is 6.54 Å². The van der Waals surface area contributed by atoms with E-state index in [1.165, 1.54) is 0 Å². The second kappa shape index (κ2) is 6.94. The molecule has 0 spiro atoms. The molecule has 0 saturated carbocycles. The third-order valence-corrected chi connectivity index (χ3v) is 2.50. The number of halogens is 3. The third kappa shape index (κ3) is 8.30. The van der Waals surface area contributed by atoms with Crippen LogP contribution >= 0.6 is 0 Å². The van der Waals surface area contributed by atoms with Crippen LogP contribution in [0.15, 0.2) is 0 Å². The van der Waals surface area contributed by atoms with Gasteiger partial charge in [0.05, 0.1) is 6.54 Å². The largest absolute Gasteiger partial charge is 0.405 e. The number of likely N-dealkylation sites (N-methyl/N-ethyl adjacent to an activating group) is 1. The molecule has 0 unspecified atom stereocenters. The van der Waals surface area contributed by atoms with Crippen LogP contribution in [-0.2, 0) is 4.79 Å². The van der Waals surface area contributed by atoms with Crippen molar-refractivity contribution >= 4 is 5.91 Å². The Morgan fingerprint density at radius 3 is 2.28 bits per heavy atom. The van der Waals surface area contributed by atoms with Crippen molar-refractivity contribution in [3.05, 3.63) is 0 Å². The number of hydrogen-bond acceptors (Lipinski definition) is 3. The van der Waals surface area contributed by atoms with Gasteiger partial charge in [0, 0.05) is 6.54 Å². The summed E-state index contributed by atoms with van der Waals surface area (Å²) in [7, 11) is 0. The van der Waals surface area contributed by atoms with Crippen molar-refractivity contribution in [2.24, 2.45) is 11.1 Å². The highest BCUT2D eigenvalue weighted by atomic mass is 19.4. The number of carbonyl (C=O) groups excluding carboxylic acids is 1. The molecule has 0 saturated heterocycles. The fourth-order valence-corrected chi connectivity index (χ4v) is 1.41. The van der Waals surface area contributed by atoms with E-state index in [-0.39, 0.29) is 12.0 Å². The van der Waals surface area contributed by atoms with Gasteiger partial charge in [0.2, 0.25) is 5.91 Å². The van der Waals surface area contributed by atoms with E-state index in [2.05, 4.69) is 0 Å². The summed E-state index contributed by atoms with van der Waals surface area (Å²) in [5.41, 5.74) is 5.41. The monoisotopic (exact) mass is 269 g/mol. The van der Waals surface area contributed by atoms with Crippen LogP contribution in [0.25, 0.3) is 0 Å². The molecule has 18 heavy (non-hydrogen) atoms. The molecule has 0 aromatic rings. The second-order valence-corrected chi connectivity index (χ2v) is 5.06. The highest BCUT2D eigenvalue weighted by molar-refractivity contribution is 5.78. The van der Waals surface area contributed by atoms with Crippen molar-refractivity contribution in [2.75, 3.05) is 32.7 Å². The standard InChI is InChI=1S/C11H22F3N3O/c1-4-17(8-10(2,3)6-15)5-9(18)16-7-11(12,13)14/h4-8,15H2,1-3H3,(H,16,18). The maximum absolute atomic E-state index is 11.9. The van der Waals surface area contributed by atoms with Gasteiger partial charge in [-0.2, -0.15) is 13.2 Å². The lowest BCUT2D eigenvalue weighted by molar-refractivity contribution is -0.139. The molecule has 0 aliphatic heterocycles. The zero-order valence-corrected chi connectivity index (χ0v) is 11.1. The number of carbonyl (C=O) groups is 1. The van der Waals surface area contributed by atoms with Crippen molar-refractivity contribution < 1.29 is 18.0 Å². The maximum atomic E-state index is 11.9. The van der Waals surface area contributed by atoms with E-state index in [9.17, 15) is 18.0 Å². The number of nitrogens with one attached hydrogen (secondary N) is 1. The van der Waals surface area contributed by atoms with Crippen molar-refractivity contribution in [3.8, 4) is 0 Å². The molecule has 0 atom stereocenters. The normalized spacial score (nSPS) is 12.9. The van der Waals surface area contributed by atoms with Gasteiger partial charge in [0.25, 0.3) is 0 Å². The number of nitrogens with two attached hydrogens (primary N) is 1. The van der Waals surface area contributed by atoms with Crippen molar-refractivity contribution in [2.45, 2.75) is 26.9 Å². The van der Waals surface area contributed by atoms with E-state index >= 15 is 0 Å². The minimum absolute atomic E-state index is 0.0456. The summed E-state index contributed by atoms with van der Waals surface area (Å²) in [5.74, 6) is -0.623. The number of nitrogens with zero attached hydrogens (tertiary/aromatic N) is 1. The molecule has 0 aliphatic carbocycles. The number of hydrogen-bond donors (Lipinski definition) is 2. The fraction of sp³-hybridized carbons (Fsp3) is 0.909. The molecule has 4 nitrogen and oxygen atoms in total. The molecular weight excluding hydrogens is 247 g/mol. The van der Waals surface area contributed by atoms with Crippen molar-refractivity contribution in [1.82, 2.24) is 10.2 Å². The molecule has 1 amide bonds. The first-order valence-corrected chi connectivity index (χ1v) is 5.85. The van der Waals surface area contributed by atoms with E-state index in [0.29, 0.717) is 19.6 Å². The van der Waals surface area contributed by atoms with Crippen molar-refractivity contribution in [3.63, 3.8) is 0 Å². The van der Waals surface area contributed by atoms with Gasteiger partial charge in [-0.15, -0.1) is 0 Å². The Hall–Kier alpha value is -0.820. The van der Waals surface area contributed by atoms with Crippen LogP contribution < -0.4 is 11.1 Å². The molecule has 0 aromatic heterocycles. The fourth-order valence-electron chi connectivity index (χ4n) is 1.41. The summed E-state index contributed by atoms with van der Waals surface area (Å²) in [6.07, 6.45) is -4.37. The van der Waals surface area contributed by atoms with Gasteiger partial charge < -0.3 is 11.1 Å². The molecule has 0 rings (SSSR count). The third-order valence-electron chi connectivity index (χ3n) is 2.50. The minimum atomic E-state index is -4.37. The van der Waals surface area contributed by atoms with Crippen LogP contribution in [0.5, 0.6) is 0 Å². The summed E-state index contributed by atoms with van der Waals surface area (Å²) >= 11 is 0. The van der Waals surface area contributed by atoms with E-state index < -0.39 is 18.6 Å². The van der Waals surface area contributed by atoms with E-state index in [1.54, 1.807) is 4.90 Å². The molecule has 0 aromatic carbocycles. The Labute approximate surface area is 106 Å². The smallest absolute Gasteiger partial charge is 0.346 e. The zero-order valence-electron chi connectivity index (χ0n) is 11.1. The van der Waals surface area contributed by atoms with E-state index in [4.69, 9.17) is 5.73 Å². The summed E-state index contributed by atoms with van der Waals surface area (Å²) in [6, 6.07) is 0. The topological polar surface area (TPSA) is 58.4 Å². The van der Waals surface area contributed by atoms with Crippen LogP contribution in [0.3, 0.4) is 0 Å². The maximum Gasteiger partial charge on any atom is 0.405 e. The van der Waals surface area contributed by atoms with Gasteiger partial charge in [-0.3, -0.25) is 9.69 Å². The Bertz CT molecular complexity index is 267. The minimum Gasteiger partial charge on any atom is -0.346 e. The molecule has 7 heteroatoms. The van der Waals surface area contributed by atoms with Crippen molar-refractivity contribution in [1.29, 1.82) is 0 Å². The summed E-state index contributed by atoms with van der Waals surface area (Å²) in [4.78, 5) is 13.1. The zero-order chi connectivity index (χ0) is 14.4. The molecular formula is C11H22F3N3O.